The minimum atomic E-state index is 0.935. The molecule has 3 aromatic carbocycles. The number of pyridine rings is 3. The predicted octanol–water partition coefficient (Wildman–Crippen LogP) is 7.50. The molecule has 1 N–H and O–H groups in total. The van der Waals surface area contributed by atoms with Gasteiger partial charge in [0.25, 0.3) is 0 Å². The number of nitrogens with one attached hydrogen (secondary N) is 1. The SMILES string of the molecule is Cc1cc2c(cc1-c1cc3c4ccncc4n4c5cnccc5nc4c3cc1C)[nH]c1ccccc12. The van der Waals surface area contributed by atoms with E-state index in [2.05, 4.69) is 87.8 Å². The third-order valence-corrected chi connectivity index (χ3v) is 7.53. The van der Waals surface area contributed by atoms with Gasteiger partial charge in [0.1, 0.15) is 5.65 Å². The Bertz CT molecular complexity index is 2180. The van der Waals surface area contributed by atoms with Crippen molar-refractivity contribution < 1.29 is 0 Å². The molecule has 0 aliphatic heterocycles. The molecule has 0 unspecified atom stereocenters. The Morgan fingerprint density at radius 1 is 0.639 bits per heavy atom. The van der Waals surface area contributed by atoms with E-state index in [1.54, 1.807) is 6.20 Å². The van der Waals surface area contributed by atoms with E-state index < -0.39 is 0 Å². The number of nitrogens with zero attached hydrogens (tertiary/aromatic N) is 4. The third-order valence-electron chi connectivity index (χ3n) is 7.53. The van der Waals surface area contributed by atoms with Gasteiger partial charge in [0, 0.05) is 45.0 Å². The van der Waals surface area contributed by atoms with Gasteiger partial charge in [-0.05, 0) is 84.0 Å². The molecular formula is C31H21N5. The van der Waals surface area contributed by atoms with Crippen molar-refractivity contribution in [3.8, 4) is 11.1 Å². The molecule has 0 amide bonds. The van der Waals surface area contributed by atoms with E-state index in [1.165, 1.54) is 43.9 Å². The topological polar surface area (TPSA) is 58.9 Å². The second kappa shape index (κ2) is 6.89. The van der Waals surface area contributed by atoms with E-state index in [0.29, 0.717) is 0 Å². The number of para-hydroxylation sites is 1. The molecular weight excluding hydrogens is 442 g/mol. The van der Waals surface area contributed by atoms with Gasteiger partial charge >= 0.3 is 0 Å². The van der Waals surface area contributed by atoms with Gasteiger partial charge in [-0.15, -0.1) is 0 Å². The van der Waals surface area contributed by atoms with Crippen LogP contribution in [-0.2, 0) is 0 Å². The lowest BCUT2D eigenvalue weighted by atomic mass is 9.92. The Morgan fingerprint density at radius 3 is 2.28 bits per heavy atom. The van der Waals surface area contributed by atoms with E-state index in [0.717, 1.165) is 38.5 Å². The van der Waals surface area contributed by atoms with E-state index >= 15 is 0 Å². The molecule has 0 spiro atoms. The van der Waals surface area contributed by atoms with Crippen LogP contribution in [0.3, 0.4) is 0 Å². The standard InChI is InChI=1S/C31H21N5/c1-17-11-24-19-5-3-4-6-26(19)34-28(24)14-22(17)21-13-23-20-7-9-32-15-29(20)36-30-16-33-10-8-27(30)35-31(36)25(23)12-18(21)2/h3-16,34H,1-2H3. The number of aromatic nitrogens is 5. The summed E-state index contributed by atoms with van der Waals surface area (Å²) in [4.78, 5) is 17.4. The van der Waals surface area contributed by atoms with Crippen molar-refractivity contribution in [2.75, 3.05) is 0 Å². The Hall–Kier alpha value is -4.77. The molecule has 0 aliphatic carbocycles. The first-order valence-electron chi connectivity index (χ1n) is 12.1. The quantitative estimate of drug-likeness (QED) is 0.256. The fourth-order valence-corrected chi connectivity index (χ4v) is 5.84. The summed E-state index contributed by atoms with van der Waals surface area (Å²) in [5.41, 5.74) is 11.2. The van der Waals surface area contributed by atoms with Crippen LogP contribution in [0.1, 0.15) is 11.1 Å². The number of fused-ring (bicyclic) bond motifs is 11. The second-order valence-electron chi connectivity index (χ2n) is 9.62. The molecule has 8 rings (SSSR count). The van der Waals surface area contributed by atoms with Gasteiger partial charge in [0.2, 0.25) is 0 Å². The van der Waals surface area contributed by atoms with E-state index in [-0.39, 0.29) is 0 Å². The smallest absolute Gasteiger partial charge is 0.146 e. The van der Waals surface area contributed by atoms with Crippen molar-refractivity contribution in [3.05, 3.63) is 96.6 Å². The van der Waals surface area contributed by atoms with E-state index in [4.69, 9.17) is 4.98 Å². The van der Waals surface area contributed by atoms with Crippen LogP contribution in [0.4, 0.5) is 0 Å². The zero-order valence-electron chi connectivity index (χ0n) is 19.9. The third kappa shape index (κ3) is 2.52. The molecule has 5 heterocycles. The van der Waals surface area contributed by atoms with E-state index in [9.17, 15) is 0 Å². The number of H-pyrrole nitrogens is 1. The van der Waals surface area contributed by atoms with Crippen LogP contribution in [0.15, 0.2) is 85.5 Å². The number of hydrogen-bond acceptors (Lipinski definition) is 3. The number of aromatic amines is 1. The monoisotopic (exact) mass is 463 g/mol. The lowest BCUT2D eigenvalue weighted by Crippen LogP contribution is -1.95. The molecule has 36 heavy (non-hydrogen) atoms. The normalized spacial score (nSPS) is 12.2. The minimum absolute atomic E-state index is 0.935. The molecule has 0 bridgehead atoms. The molecule has 8 aromatic rings. The maximum absolute atomic E-state index is 5.01. The summed E-state index contributed by atoms with van der Waals surface area (Å²) in [5, 5.41) is 6.00. The fourth-order valence-electron chi connectivity index (χ4n) is 5.84. The van der Waals surface area contributed by atoms with Crippen LogP contribution in [0.2, 0.25) is 0 Å². The van der Waals surface area contributed by atoms with Crippen molar-refractivity contribution in [1.29, 1.82) is 0 Å². The summed E-state index contributed by atoms with van der Waals surface area (Å²) < 4.78 is 2.19. The zero-order valence-corrected chi connectivity index (χ0v) is 19.9. The molecule has 170 valence electrons. The van der Waals surface area contributed by atoms with Gasteiger partial charge in [0.15, 0.2) is 0 Å². The minimum Gasteiger partial charge on any atom is -0.354 e. The highest BCUT2D eigenvalue weighted by molar-refractivity contribution is 6.15. The first-order valence-corrected chi connectivity index (χ1v) is 12.1. The van der Waals surface area contributed by atoms with Crippen molar-refractivity contribution in [1.82, 2.24) is 24.3 Å². The molecule has 0 atom stereocenters. The van der Waals surface area contributed by atoms with E-state index in [1.807, 2.05) is 24.7 Å². The summed E-state index contributed by atoms with van der Waals surface area (Å²) in [6, 6.07) is 21.8. The lowest BCUT2D eigenvalue weighted by molar-refractivity contribution is 1.25. The molecule has 0 fully saturated rings. The van der Waals surface area contributed by atoms with Crippen LogP contribution >= 0.6 is 0 Å². The molecule has 0 saturated heterocycles. The molecule has 5 nitrogen and oxygen atoms in total. The second-order valence-corrected chi connectivity index (χ2v) is 9.62. The Labute approximate surface area is 206 Å². The largest absolute Gasteiger partial charge is 0.354 e. The molecule has 5 heteroatoms. The van der Waals surface area contributed by atoms with Crippen LogP contribution < -0.4 is 0 Å². The molecule has 0 radical (unpaired) electrons. The Kier molecular flexibility index (Phi) is 3.74. The number of rotatable bonds is 1. The maximum Gasteiger partial charge on any atom is 0.146 e. The Balaban J connectivity index is 1.49. The van der Waals surface area contributed by atoms with Crippen molar-refractivity contribution in [3.63, 3.8) is 0 Å². The molecule has 0 aliphatic rings. The van der Waals surface area contributed by atoms with Crippen molar-refractivity contribution in [2.24, 2.45) is 0 Å². The van der Waals surface area contributed by atoms with Crippen LogP contribution in [-0.4, -0.2) is 24.3 Å². The van der Waals surface area contributed by atoms with Gasteiger partial charge < -0.3 is 4.98 Å². The van der Waals surface area contributed by atoms with Gasteiger partial charge in [-0.3, -0.25) is 14.4 Å². The zero-order chi connectivity index (χ0) is 24.0. The molecule has 5 aromatic heterocycles. The number of benzene rings is 3. The highest BCUT2D eigenvalue weighted by Gasteiger charge is 2.17. The maximum atomic E-state index is 5.01. The van der Waals surface area contributed by atoms with Crippen molar-refractivity contribution in [2.45, 2.75) is 13.8 Å². The van der Waals surface area contributed by atoms with Gasteiger partial charge in [-0.2, -0.15) is 0 Å². The summed E-state index contributed by atoms with van der Waals surface area (Å²) in [6.07, 6.45) is 7.47. The fraction of sp³-hybridized carbons (Fsp3) is 0.0645. The summed E-state index contributed by atoms with van der Waals surface area (Å²) in [5.74, 6) is 0. The predicted molar refractivity (Wildman–Crippen MR) is 148 cm³/mol. The highest BCUT2D eigenvalue weighted by Crippen LogP contribution is 2.39. The van der Waals surface area contributed by atoms with Crippen molar-refractivity contribution >= 4 is 60.2 Å². The number of aryl methyl sites for hydroxylation is 2. The number of imidazole rings is 1. The van der Waals surface area contributed by atoms with Crippen LogP contribution in [0.25, 0.3) is 71.3 Å². The van der Waals surface area contributed by atoms with Crippen LogP contribution in [0, 0.1) is 13.8 Å². The summed E-state index contributed by atoms with van der Waals surface area (Å²) in [6.45, 7) is 4.40. The first-order chi connectivity index (χ1) is 17.7. The highest BCUT2D eigenvalue weighted by atomic mass is 15.0. The average molecular weight is 464 g/mol. The summed E-state index contributed by atoms with van der Waals surface area (Å²) >= 11 is 0. The van der Waals surface area contributed by atoms with Gasteiger partial charge in [0.05, 0.1) is 28.9 Å². The Morgan fingerprint density at radius 2 is 1.39 bits per heavy atom. The van der Waals surface area contributed by atoms with Crippen LogP contribution in [0.5, 0.6) is 0 Å². The number of hydrogen-bond donors (Lipinski definition) is 1. The summed E-state index contributed by atoms with van der Waals surface area (Å²) in [7, 11) is 0. The first kappa shape index (κ1) is 19.5. The lowest BCUT2D eigenvalue weighted by Gasteiger charge is -2.14. The van der Waals surface area contributed by atoms with Gasteiger partial charge in [-0.1, -0.05) is 18.2 Å². The average Bonchev–Trinajstić information content (AvgIpc) is 3.47. The van der Waals surface area contributed by atoms with Gasteiger partial charge in [-0.25, -0.2) is 4.98 Å². The molecule has 0 saturated carbocycles.